The maximum absolute atomic E-state index is 12.5. The lowest BCUT2D eigenvalue weighted by Crippen LogP contribution is -2.43. The molecule has 6 nitrogen and oxygen atoms in total. The highest BCUT2D eigenvalue weighted by Crippen LogP contribution is 2.19. The van der Waals surface area contributed by atoms with Crippen molar-refractivity contribution in [3.05, 3.63) is 23.5 Å². The number of nitrogens with one attached hydrogen (secondary N) is 1. The van der Waals surface area contributed by atoms with Crippen LogP contribution in [0.4, 0.5) is 10.5 Å². The van der Waals surface area contributed by atoms with Gasteiger partial charge in [0.05, 0.1) is 11.8 Å². The molecule has 0 aliphatic carbocycles. The van der Waals surface area contributed by atoms with Gasteiger partial charge in [-0.15, -0.1) is 0 Å². The second kappa shape index (κ2) is 8.31. The number of carbonyl (C=O) groups is 1. The molecule has 7 heteroatoms. The number of halogens is 1. The van der Waals surface area contributed by atoms with Crippen LogP contribution in [0.5, 0.6) is 0 Å². The van der Waals surface area contributed by atoms with E-state index in [-0.39, 0.29) is 12.1 Å². The molecule has 1 aromatic rings. The lowest BCUT2D eigenvalue weighted by molar-refractivity contribution is 0.0820. The van der Waals surface area contributed by atoms with Gasteiger partial charge < -0.3 is 19.9 Å². The molecule has 2 rings (SSSR count). The van der Waals surface area contributed by atoms with Crippen molar-refractivity contribution in [2.45, 2.75) is 18.9 Å². The molecule has 1 aliphatic rings. The summed E-state index contributed by atoms with van der Waals surface area (Å²) < 4.78 is 5.64. The van der Waals surface area contributed by atoms with Gasteiger partial charge in [-0.1, -0.05) is 11.6 Å². The summed E-state index contributed by atoms with van der Waals surface area (Å²) in [5.74, 6) is 0. The second-order valence-corrected chi connectivity index (χ2v) is 6.01. The summed E-state index contributed by atoms with van der Waals surface area (Å²) in [5.41, 5.74) is 0.524. The van der Waals surface area contributed by atoms with Gasteiger partial charge in [0.25, 0.3) is 0 Å². The zero-order chi connectivity index (χ0) is 15.9. The average molecular weight is 327 g/mol. The number of likely N-dealkylation sites (N-methyl/N-ethyl adjacent to an activating group) is 1. The van der Waals surface area contributed by atoms with E-state index in [0.29, 0.717) is 23.9 Å². The van der Waals surface area contributed by atoms with Gasteiger partial charge in [-0.3, -0.25) is 0 Å². The normalized spacial score (nSPS) is 17.7. The third-order valence-corrected chi connectivity index (χ3v) is 3.85. The van der Waals surface area contributed by atoms with Gasteiger partial charge in [0, 0.05) is 32.4 Å². The molecular weight excluding hydrogens is 304 g/mol. The summed E-state index contributed by atoms with van der Waals surface area (Å²) in [5, 5.41) is 3.12. The number of pyridine rings is 1. The predicted octanol–water partition coefficient (Wildman–Crippen LogP) is 2.31. The average Bonchev–Trinajstić information content (AvgIpc) is 2.98. The number of carbonyl (C=O) groups excluding carboxylic acids is 1. The molecule has 1 saturated heterocycles. The van der Waals surface area contributed by atoms with Crippen LogP contribution in [0.25, 0.3) is 0 Å². The van der Waals surface area contributed by atoms with Gasteiger partial charge in [-0.2, -0.15) is 0 Å². The summed E-state index contributed by atoms with van der Waals surface area (Å²) in [6.45, 7) is 2.80. The molecule has 1 aromatic heterocycles. The highest BCUT2D eigenvalue weighted by atomic mass is 35.5. The molecule has 0 spiro atoms. The largest absolute Gasteiger partial charge is 0.376 e. The third kappa shape index (κ3) is 5.12. The van der Waals surface area contributed by atoms with Crippen molar-refractivity contribution in [1.82, 2.24) is 14.8 Å². The van der Waals surface area contributed by atoms with Crippen LogP contribution < -0.4 is 5.32 Å². The predicted molar refractivity (Wildman–Crippen MR) is 87.4 cm³/mol. The van der Waals surface area contributed by atoms with Crippen molar-refractivity contribution < 1.29 is 9.53 Å². The van der Waals surface area contributed by atoms with Gasteiger partial charge in [0.15, 0.2) is 5.15 Å². The quantitative estimate of drug-likeness (QED) is 0.815. The molecule has 1 aliphatic heterocycles. The van der Waals surface area contributed by atoms with Gasteiger partial charge >= 0.3 is 6.03 Å². The maximum atomic E-state index is 12.5. The number of anilines is 1. The van der Waals surface area contributed by atoms with Crippen LogP contribution in [0.2, 0.25) is 5.15 Å². The molecule has 2 heterocycles. The Hall–Kier alpha value is -1.37. The fraction of sp³-hybridized carbons (Fsp3) is 0.600. The van der Waals surface area contributed by atoms with Gasteiger partial charge in [0.2, 0.25) is 0 Å². The van der Waals surface area contributed by atoms with Gasteiger partial charge in [0.1, 0.15) is 0 Å². The van der Waals surface area contributed by atoms with Crippen LogP contribution >= 0.6 is 11.6 Å². The summed E-state index contributed by atoms with van der Waals surface area (Å²) in [7, 11) is 3.97. The van der Waals surface area contributed by atoms with E-state index >= 15 is 0 Å². The molecule has 0 aromatic carbocycles. The number of hydrogen-bond donors (Lipinski definition) is 1. The lowest BCUT2D eigenvalue weighted by Gasteiger charge is -2.27. The standard InChI is InChI=1S/C15H23ClN4O2/c1-19(2)8-9-20(11-12-5-4-10-22-12)15(21)18-13-6-3-7-17-14(13)16/h3,6-7,12H,4-5,8-11H2,1-2H3,(H,18,21)/t12-/m0/s1. The first-order chi connectivity index (χ1) is 10.6. The monoisotopic (exact) mass is 326 g/mol. The number of ether oxygens (including phenoxy) is 1. The fourth-order valence-electron chi connectivity index (χ4n) is 2.30. The highest BCUT2D eigenvalue weighted by Gasteiger charge is 2.23. The Morgan fingerprint density at radius 1 is 1.50 bits per heavy atom. The molecule has 0 bridgehead atoms. The molecule has 0 unspecified atom stereocenters. The Balaban J connectivity index is 1.99. The van der Waals surface area contributed by atoms with E-state index in [2.05, 4.69) is 10.3 Å². The van der Waals surface area contributed by atoms with Crippen LogP contribution in [0.15, 0.2) is 18.3 Å². The van der Waals surface area contributed by atoms with E-state index in [1.807, 2.05) is 19.0 Å². The Bertz CT molecular complexity index is 492. The Kier molecular flexibility index (Phi) is 6.42. The fourth-order valence-corrected chi connectivity index (χ4v) is 2.47. The number of hydrogen-bond acceptors (Lipinski definition) is 4. The minimum absolute atomic E-state index is 0.122. The minimum atomic E-state index is -0.174. The van der Waals surface area contributed by atoms with E-state index in [4.69, 9.17) is 16.3 Å². The van der Waals surface area contributed by atoms with Crippen LogP contribution in [-0.4, -0.2) is 67.3 Å². The lowest BCUT2D eigenvalue weighted by atomic mass is 10.2. The van der Waals surface area contributed by atoms with Crippen LogP contribution in [-0.2, 0) is 4.74 Å². The van der Waals surface area contributed by atoms with Crippen LogP contribution in [0, 0.1) is 0 Å². The minimum Gasteiger partial charge on any atom is -0.376 e. The number of rotatable bonds is 6. The van der Waals surface area contributed by atoms with Gasteiger partial charge in [-0.05, 0) is 39.1 Å². The number of aromatic nitrogens is 1. The first-order valence-electron chi connectivity index (χ1n) is 7.49. The zero-order valence-corrected chi connectivity index (χ0v) is 13.8. The molecule has 1 atom stereocenters. The molecule has 1 N–H and O–H groups in total. The van der Waals surface area contributed by atoms with Crippen LogP contribution in [0.1, 0.15) is 12.8 Å². The number of urea groups is 1. The molecule has 122 valence electrons. The summed E-state index contributed by atoms with van der Waals surface area (Å²) in [6.07, 6.45) is 3.77. The first kappa shape index (κ1) is 17.0. The Morgan fingerprint density at radius 2 is 2.32 bits per heavy atom. The Morgan fingerprint density at radius 3 is 2.95 bits per heavy atom. The van der Waals surface area contributed by atoms with E-state index in [9.17, 15) is 4.79 Å². The second-order valence-electron chi connectivity index (χ2n) is 5.66. The molecule has 22 heavy (non-hydrogen) atoms. The number of amides is 2. The van der Waals surface area contributed by atoms with Crippen molar-refractivity contribution in [1.29, 1.82) is 0 Å². The van der Waals surface area contributed by atoms with Gasteiger partial charge in [-0.25, -0.2) is 9.78 Å². The van der Waals surface area contributed by atoms with E-state index in [1.165, 1.54) is 0 Å². The van der Waals surface area contributed by atoms with Crippen molar-refractivity contribution in [2.24, 2.45) is 0 Å². The summed E-state index contributed by atoms with van der Waals surface area (Å²) >= 11 is 5.99. The van der Waals surface area contributed by atoms with E-state index in [0.717, 1.165) is 26.0 Å². The highest BCUT2D eigenvalue weighted by molar-refractivity contribution is 6.32. The molecule has 0 radical (unpaired) electrons. The topological polar surface area (TPSA) is 57.7 Å². The van der Waals surface area contributed by atoms with Crippen molar-refractivity contribution >= 4 is 23.3 Å². The van der Waals surface area contributed by atoms with E-state index in [1.54, 1.807) is 23.2 Å². The maximum Gasteiger partial charge on any atom is 0.322 e. The number of nitrogens with zero attached hydrogens (tertiary/aromatic N) is 3. The first-order valence-corrected chi connectivity index (χ1v) is 7.87. The molecule has 1 fully saturated rings. The Labute approximate surface area is 136 Å². The van der Waals surface area contributed by atoms with E-state index < -0.39 is 0 Å². The van der Waals surface area contributed by atoms with Crippen molar-refractivity contribution in [3.63, 3.8) is 0 Å². The van der Waals surface area contributed by atoms with Crippen molar-refractivity contribution in [2.75, 3.05) is 45.7 Å². The SMILES string of the molecule is CN(C)CCN(C[C@@H]1CCCO1)C(=O)Nc1cccnc1Cl. The zero-order valence-electron chi connectivity index (χ0n) is 13.1. The molecule has 0 saturated carbocycles. The third-order valence-electron chi connectivity index (χ3n) is 3.55. The smallest absolute Gasteiger partial charge is 0.322 e. The van der Waals surface area contributed by atoms with Crippen molar-refractivity contribution in [3.8, 4) is 0 Å². The summed E-state index contributed by atoms with van der Waals surface area (Å²) in [4.78, 5) is 20.3. The molecule has 2 amide bonds. The van der Waals surface area contributed by atoms with Crippen LogP contribution in [0.3, 0.4) is 0 Å². The molecular formula is C15H23ClN4O2. The summed E-state index contributed by atoms with van der Waals surface area (Å²) in [6, 6.07) is 3.31.